The summed E-state index contributed by atoms with van der Waals surface area (Å²) in [7, 11) is 0. The van der Waals surface area contributed by atoms with Crippen LogP contribution in [0.1, 0.15) is 39.0 Å². The zero-order valence-electron chi connectivity index (χ0n) is 11.7. The van der Waals surface area contributed by atoms with Crippen molar-refractivity contribution in [2.75, 3.05) is 0 Å². The quantitative estimate of drug-likeness (QED) is 0.747. The van der Waals surface area contributed by atoms with Crippen molar-refractivity contribution in [2.24, 2.45) is 0 Å². The summed E-state index contributed by atoms with van der Waals surface area (Å²) in [5, 5.41) is 0. The average molecular weight is 233 g/mol. The van der Waals surface area contributed by atoms with E-state index in [1.54, 1.807) is 6.33 Å². The lowest BCUT2D eigenvalue weighted by atomic mass is 10.3. The average Bonchev–Trinajstić information content (AvgIpc) is 2.81. The van der Waals surface area contributed by atoms with E-state index >= 15 is 0 Å². The van der Waals surface area contributed by atoms with E-state index in [-0.39, 0.29) is 0 Å². The van der Waals surface area contributed by atoms with Crippen LogP contribution in [-0.2, 0) is 0 Å². The first-order valence-corrected chi connectivity index (χ1v) is 6.18. The van der Waals surface area contributed by atoms with Gasteiger partial charge in [0.1, 0.15) is 0 Å². The first-order chi connectivity index (χ1) is 8.25. The minimum Gasteiger partial charge on any atom is -0.304 e. The van der Waals surface area contributed by atoms with Gasteiger partial charge in [0.05, 0.1) is 23.9 Å². The summed E-state index contributed by atoms with van der Waals surface area (Å²) in [6.45, 7) is 12.0. The Bertz CT molecular complexity index is 419. The van der Waals surface area contributed by atoms with Gasteiger partial charge in [-0.3, -0.25) is 4.98 Å². The molecule has 0 N–H and O–H groups in total. The molecule has 0 unspecified atom stereocenters. The molecule has 17 heavy (non-hydrogen) atoms. The minimum absolute atomic E-state index is 1.02. The fraction of sp³-hybridized carbons (Fsp3) is 0.429. The topological polar surface area (TPSA) is 30.7 Å². The second-order valence-corrected chi connectivity index (χ2v) is 3.14. The molecule has 0 aliphatic heterocycles. The molecule has 2 aromatic heterocycles. The first kappa shape index (κ1) is 15.4. The summed E-state index contributed by atoms with van der Waals surface area (Å²) in [5.74, 6) is 0. The van der Waals surface area contributed by atoms with Gasteiger partial charge in [-0.05, 0) is 25.5 Å². The monoisotopic (exact) mass is 233 g/mol. The number of imidazole rings is 1. The third-order valence-corrected chi connectivity index (χ3v) is 1.87. The zero-order valence-corrected chi connectivity index (χ0v) is 11.7. The molecule has 0 aliphatic carbocycles. The van der Waals surface area contributed by atoms with Crippen LogP contribution in [0.5, 0.6) is 0 Å². The number of nitrogens with zero attached hydrogens (tertiary/aromatic N) is 3. The van der Waals surface area contributed by atoms with Gasteiger partial charge in [-0.2, -0.15) is 0 Å². The molecule has 0 saturated carbocycles. The van der Waals surface area contributed by atoms with E-state index in [2.05, 4.69) is 16.0 Å². The predicted octanol–water partition coefficient (Wildman–Crippen LogP) is 3.94. The Hall–Kier alpha value is -1.64. The molecule has 0 atom stereocenters. The second-order valence-electron chi connectivity index (χ2n) is 3.14. The van der Waals surface area contributed by atoms with E-state index in [4.69, 9.17) is 0 Å². The summed E-state index contributed by atoms with van der Waals surface area (Å²) in [5.41, 5.74) is 3.23. The van der Waals surface area contributed by atoms with Crippen molar-refractivity contribution in [3.8, 4) is 5.69 Å². The third-order valence-electron chi connectivity index (χ3n) is 1.87. The van der Waals surface area contributed by atoms with Gasteiger partial charge in [0.25, 0.3) is 0 Å². The maximum absolute atomic E-state index is 4.16. The van der Waals surface area contributed by atoms with Crippen LogP contribution in [0.15, 0.2) is 31.0 Å². The Morgan fingerprint density at radius 2 is 1.65 bits per heavy atom. The van der Waals surface area contributed by atoms with Crippen molar-refractivity contribution < 1.29 is 0 Å². The second kappa shape index (κ2) is 8.50. The summed E-state index contributed by atoms with van der Waals surface area (Å²) in [4.78, 5) is 8.28. The van der Waals surface area contributed by atoms with Gasteiger partial charge < -0.3 is 4.57 Å². The van der Waals surface area contributed by atoms with Crippen molar-refractivity contribution in [1.29, 1.82) is 0 Å². The highest BCUT2D eigenvalue weighted by Gasteiger charge is 1.97. The SMILES string of the molecule is CC.CC.Cc1cncc(-n2cnc(C)c2)c1. The van der Waals surface area contributed by atoms with E-state index in [9.17, 15) is 0 Å². The van der Waals surface area contributed by atoms with Gasteiger partial charge in [-0.25, -0.2) is 4.98 Å². The standard InChI is InChI=1S/C10H11N3.2C2H6/c1-8-3-10(5-11-4-8)13-6-9(2)12-7-13;2*1-2/h3-7H,1-2H3;2*1-2H3. The molecule has 0 bridgehead atoms. The van der Waals surface area contributed by atoms with E-state index in [0.717, 1.165) is 16.9 Å². The number of hydrogen-bond acceptors (Lipinski definition) is 2. The van der Waals surface area contributed by atoms with Crippen LogP contribution < -0.4 is 0 Å². The zero-order chi connectivity index (χ0) is 13.3. The Balaban J connectivity index is 0.000000581. The van der Waals surface area contributed by atoms with E-state index < -0.39 is 0 Å². The van der Waals surface area contributed by atoms with Crippen molar-refractivity contribution in [3.05, 3.63) is 42.2 Å². The van der Waals surface area contributed by atoms with E-state index in [1.165, 1.54) is 0 Å². The predicted molar refractivity (Wildman–Crippen MR) is 73.5 cm³/mol. The van der Waals surface area contributed by atoms with E-state index in [0.29, 0.717) is 0 Å². The largest absolute Gasteiger partial charge is 0.304 e. The van der Waals surface area contributed by atoms with Crippen molar-refractivity contribution in [2.45, 2.75) is 41.5 Å². The molecule has 0 saturated heterocycles. The molecule has 94 valence electrons. The van der Waals surface area contributed by atoms with Crippen molar-refractivity contribution >= 4 is 0 Å². The lowest BCUT2D eigenvalue weighted by molar-refractivity contribution is 1.03. The number of hydrogen-bond donors (Lipinski definition) is 0. The molecule has 2 rings (SSSR count). The lowest BCUT2D eigenvalue weighted by Crippen LogP contribution is -1.91. The molecule has 2 aromatic rings. The maximum Gasteiger partial charge on any atom is 0.0995 e. The molecule has 0 radical (unpaired) electrons. The van der Waals surface area contributed by atoms with Crippen LogP contribution in [0.2, 0.25) is 0 Å². The van der Waals surface area contributed by atoms with Crippen LogP contribution in [0.25, 0.3) is 5.69 Å². The first-order valence-electron chi connectivity index (χ1n) is 6.18. The molecular weight excluding hydrogens is 210 g/mol. The van der Waals surface area contributed by atoms with Gasteiger partial charge in [0.15, 0.2) is 0 Å². The molecule has 0 aliphatic rings. The molecule has 3 nitrogen and oxygen atoms in total. The Morgan fingerprint density at radius 1 is 1.00 bits per heavy atom. The fourth-order valence-corrected chi connectivity index (χ4v) is 1.24. The Morgan fingerprint density at radius 3 is 2.12 bits per heavy atom. The molecule has 3 heteroatoms. The maximum atomic E-state index is 4.16. The van der Waals surface area contributed by atoms with Gasteiger partial charge >= 0.3 is 0 Å². The van der Waals surface area contributed by atoms with Gasteiger partial charge in [-0.15, -0.1) is 0 Å². The molecule has 0 fully saturated rings. The smallest absolute Gasteiger partial charge is 0.0995 e. The molecular formula is C14H23N3. The number of rotatable bonds is 1. The van der Waals surface area contributed by atoms with Gasteiger partial charge in [0, 0.05) is 12.4 Å². The summed E-state index contributed by atoms with van der Waals surface area (Å²) in [6.07, 6.45) is 7.45. The summed E-state index contributed by atoms with van der Waals surface area (Å²) >= 11 is 0. The lowest BCUT2D eigenvalue weighted by Gasteiger charge is -2.00. The Labute approximate surface area is 105 Å². The third kappa shape index (κ3) is 4.81. The van der Waals surface area contributed by atoms with Gasteiger partial charge in [0.2, 0.25) is 0 Å². The minimum atomic E-state index is 1.02. The van der Waals surface area contributed by atoms with Crippen LogP contribution in [0, 0.1) is 13.8 Å². The van der Waals surface area contributed by atoms with Crippen LogP contribution in [0.3, 0.4) is 0 Å². The molecule has 2 heterocycles. The fourth-order valence-electron chi connectivity index (χ4n) is 1.24. The van der Waals surface area contributed by atoms with Crippen molar-refractivity contribution in [3.63, 3.8) is 0 Å². The highest BCUT2D eigenvalue weighted by molar-refractivity contribution is 5.31. The molecule has 0 aromatic carbocycles. The van der Waals surface area contributed by atoms with Crippen LogP contribution >= 0.6 is 0 Å². The number of pyridine rings is 1. The molecule has 0 amide bonds. The molecule has 0 spiro atoms. The Kier molecular flexibility index (Phi) is 7.68. The number of aryl methyl sites for hydroxylation is 2. The normalized spacial score (nSPS) is 8.59. The highest BCUT2D eigenvalue weighted by atomic mass is 15.0. The summed E-state index contributed by atoms with van der Waals surface area (Å²) < 4.78 is 1.97. The number of aromatic nitrogens is 3. The highest BCUT2D eigenvalue weighted by Crippen LogP contribution is 2.08. The van der Waals surface area contributed by atoms with Crippen LogP contribution in [-0.4, -0.2) is 14.5 Å². The van der Waals surface area contributed by atoms with E-state index in [1.807, 2.05) is 64.7 Å². The van der Waals surface area contributed by atoms with Crippen molar-refractivity contribution in [1.82, 2.24) is 14.5 Å². The van der Waals surface area contributed by atoms with Crippen LogP contribution in [0.4, 0.5) is 0 Å². The van der Waals surface area contributed by atoms with Gasteiger partial charge in [-0.1, -0.05) is 27.7 Å². The summed E-state index contributed by atoms with van der Waals surface area (Å²) in [6, 6.07) is 2.08.